The first-order valence-electron chi connectivity index (χ1n) is 4.43. The standard InChI is InChI=1S/C10H8ClNO4/c1-5-12-8(10(13)14-2)9(15-5)6-3-4-7(11)16-6/h3-4H,1-2H3. The van der Waals surface area contributed by atoms with Crippen molar-refractivity contribution in [1.82, 2.24) is 4.98 Å². The number of hydrogen-bond acceptors (Lipinski definition) is 5. The average molecular weight is 242 g/mol. The second kappa shape index (κ2) is 4.02. The molecule has 0 atom stereocenters. The minimum absolute atomic E-state index is 0.0750. The van der Waals surface area contributed by atoms with Gasteiger partial charge in [-0.3, -0.25) is 0 Å². The highest BCUT2D eigenvalue weighted by atomic mass is 35.5. The van der Waals surface area contributed by atoms with Crippen LogP contribution >= 0.6 is 11.6 Å². The number of aromatic nitrogens is 1. The zero-order valence-electron chi connectivity index (χ0n) is 8.61. The number of hydrogen-bond donors (Lipinski definition) is 0. The monoisotopic (exact) mass is 241 g/mol. The first-order chi connectivity index (χ1) is 7.61. The van der Waals surface area contributed by atoms with Crippen molar-refractivity contribution in [2.24, 2.45) is 0 Å². The lowest BCUT2D eigenvalue weighted by Crippen LogP contribution is -2.03. The van der Waals surface area contributed by atoms with Crippen LogP contribution in [0.4, 0.5) is 0 Å². The predicted octanol–water partition coefficient (Wildman–Crippen LogP) is 2.68. The molecule has 0 aliphatic heterocycles. The molecule has 16 heavy (non-hydrogen) atoms. The van der Waals surface area contributed by atoms with E-state index in [-0.39, 0.29) is 16.7 Å². The van der Waals surface area contributed by atoms with E-state index >= 15 is 0 Å². The molecule has 0 spiro atoms. The Balaban J connectivity index is 2.52. The van der Waals surface area contributed by atoms with Crippen LogP contribution in [0.3, 0.4) is 0 Å². The van der Waals surface area contributed by atoms with Gasteiger partial charge in [0.15, 0.2) is 22.6 Å². The Morgan fingerprint density at radius 1 is 1.44 bits per heavy atom. The van der Waals surface area contributed by atoms with Gasteiger partial charge in [0, 0.05) is 6.92 Å². The minimum atomic E-state index is -0.584. The molecule has 0 unspecified atom stereocenters. The fraction of sp³-hybridized carbons (Fsp3) is 0.200. The van der Waals surface area contributed by atoms with Crippen molar-refractivity contribution in [2.75, 3.05) is 7.11 Å². The van der Waals surface area contributed by atoms with Crippen LogP contribution in [0.5, 0.6) is 0 Å². The number of furan rings is 1. The van der Waals surface area contributed by atoms with Gasteiger partial charge >= 0.3 is 5.97 Å². The molecule has 0 saturated carbocycles. The molecule has 5 nitrogen and oxygen atoms in total. The van der Waals surface area contributed by atoms with E-state index < -0.39 is 5.97 Å². The van der Waals surface area contributed by atoms with Crippen LogP contribution in [-0.2, 0) is 4.74 Å². The molecule has 0 aliphatic carbocycles. The van der Waals surface area contributed by atoms with E-state index in [0.29, 0.717) is 11.7 Å². The summed E-state index contributed by atoms with van der Waals surface area (Å²) in [5.41, 5.74) is 0.0750. The number of carbonyl (C=O) groups excluding carboxylic acids is 1. The number of carbonyl (C=O) groups is 1. The second-order valence-corrected chi connectivity index (χ2v) is 3.38. The normalized spacial score (nSPS) is 10.4. The third-order valence-electron chi connectivity index (χ3n) is 1.91. The summed E-state index contributed by atoms with van der Waals surface area (Å²) in [5, 5.41) is 0.208. The maximum atomic E-state index is 11.4. The highest BCUT2D eigenvalue weighted by molar-refractivity contribution is 6.29. The summed E-state index contributed by atoms with van der Waals surface area (Å²) >= 11 is 5.64. The molecular weight excluding hydrogens is 234 g/mol. The first-order valence-corrected chi connectivity index (χ1v) is 4.81. The number of aryl methyl sites for hydroxylation is 1. The molecule has 84 valence electrons. The Kier molecular flexibility index (Phi) is 2.70. The van der Waals surface area contributed by atoms with Crippen molar-refractivity contribution in [2.45, 2.75) is 6.92 Å². The van der Waals surface area contributed by atoms with E-state index in [1.165, 1.54) is 7.11 Å². The van der Waals surface area contributed by atoms with Crippen molar-refractivity contribution < 1.29 is 18.4 Å². The van der Waals surface area contributed by atoms with Crippen molar-refractivity contribution in [3.8, 4) is 11.5 Å². The summed E-state index contributed by atoms with van der Waals surface area (Å²) in [4.78, 5) is 15.3. The molecule has 0 saturated heterocycles. The second-order valence-electron chi connectivity index (χ2n) is 3.01. The molecule has 2 aromatic rings. The van der Waals surface area contributed by atoms with E-state index in [2.05, 4.69) is 9.72 Å². The van der Waals surface area contributed by atoms with Gasteiger partial charge in [0.2, 0.25) is 5.76 Å². The zero-order chi connectivity index (χ0) is 11.7. The van der Waals surface area contributed by atoms with Gasteiger partial charge in [0.05, 0.1) is 7.11 Å². The molecule has 2 rings (SSSR count). The minimum Gasteiger partial charge on any atom is -0.464 e. The molecule has 0 amide bonds. The van der Waals surface area contributed by atoms with Crippen LogP contribution < -0.4 is 0 Å². The number of methoxy groups -OCH3 is 1. The summed E-state index contributed by atoms with van der Waals surface area (Å²) in [7, 11) is 1.27. The molecule has 0 bridgehead atoms. The maximum absolute atomic E-state index is 11.4. The molecule has 2 heterocycles. The number of esters is 1. The highest BCUT2D eigenvalue weighted by Gasteiger charge is 2.22. The molecule has 2 aromatic heterocycles. The molecule has 0 aromatic carbocycles. The smallest absolute Gasteiger partial charge is 0.360 e. The fourth-order valence-electron chi connectivity index (χ4n) is 1.27. The van der Waals surface area contributed by atoms with Gasteiger partial charge in [-0.05, 0) is 23.7 Å². The molecule has 0 fully saturated rings. The van der Waals surface area contributed by atoms with Crippen LogP contribution in [0.1, 0.15) is 16.4 Å². The molecule has 0 N–H and O–H groups in total. The topological polar surface area (TPSA) is 65.5 Å². The Labute approximate surface area is 96.0 Å². The van der Waals surface area contributed by atoms with Crippen molar-refractivity contribution in [3.63, 3.8) is 0 Å². The Hall–Kier alpha value is -1.75. The van der Waals surface area contributed by atoms with E-state index in [1.807, 2.05) is 0 Å². The van der Waals surface area contributed by atoms with Crippen molar-refractivity contribution in [1.29, 1.82) is 0 Å². The van der Waals surface area contributed by atoms with Crippen LogP contribution in [0.15, 0.2) is 21.0 Å². The Bertz CT molecular complexity index is 529. The Morgan fingerprint density at radius 3 is 2.75 bits per heavy atom. The fourth-order valence-corrected chi connectivity index (χ4v) is 1.41. The number of ether oxygens (including phenoxy) is 1. The van der Waals surface area contributed by atoms with Crippen molar-refractivity contribution >= 4 is 17.6 Å². The van der Waals surface area contributed by atoms with E-state index in [1.54, 1.807) is 19.1 Å². The summed E-state index contributed by atoms with van der Waals surface area (Å²) in [6, 6.07) is 3.14. The van der Waals surface area contributed by atoms with Gasteiger partial charge in [0.1, 0.15) is 0 Å². The van der Waals surface area contributed by atoms with Gasteiger partial charge < -0.3 is 13.6 Å². The summed E-state index contributed by atoms with van der Waals surface area (Å²) in [5.74, 6) is 0.324. The quantitative estimate of drug-likeness (QED) is 0.757. The third kappa shape index (κ3) is 1.81. The number of oxazole rings is 1. The molecule has 6 heteroatoms. The SMILES string of the molecule is COC(=O)c1nc(C)oc1-c1ccc(Cl)o1. The van der Waals surface area contributed by atoms with Gasteiger partial charge in [-0.25, -0.2) is 9.78 Å². The van der Waals surface area contributed by atoms with Gasteiger partial charge in [-0.15, -0.1) is 0 Å². The van der Waals surface area contributed by atoms with Crippen LogP contribution in [0.25, 0.3) is 11.5 Å². The van der Waals surface area contributed by atoms with Gasteiger partial charge in [-0.1, -0.05) is 0 Å². The maximum Gasteiger partial charge on any atom is 0.360 e. The number of rotatable bonds is 2. The van der Waals surface area contributed by atoms with E-state index in [4.69, 9.17) is 20.4 Å². The lowest BCUT2D eigenvalue weighted by molar-refractivity contribution is 0.0595. The van der Waals surface area contributed by atoms with E-state index in [0.717, 1.165) is 0 Å². The molecular formula is C10H8ClNO4. The van der Waals surface area contributed by atoms with E-state index in [9.17, 15) is 4.79 Å². The van der Waals surface area contributed by atoms with Crippen LogP contribution in [-0.4, -0.2) is 18.1 Å². The highest BCUT2D eigenvalue weighted by Crippen LogP contribution is 2.28. The summed E-state index contributed by atoms with van der Waals surface area (Å²) in [6.07, 6.45) is 0. The van der Waals surface area contributed by atoms with Crippen LogP contribution in [0.2, 0.25) is 5.22 Å². The zero-order valence-corrected chi connectivity index (χ0v) is 9.37. The summed E-state index contributed by atoms with van der Waals surface area (Å²) < 4.78 is 15.0. The number of halogens is 1. The van der Waals surface area contributed by atoms with Crippen molar-refractivity contribution in [3.05, 3.63) is 28.9 Å². The first kappa shape index (κ1) is 10.8. The molecule has 0 radical (unpaired) electrons. The Morgan fingerprint density at radius 2 is 2.19 bits per heavy atom. The third-order valence-corrected chi connectivity index (χ3v) is 2.11. The average Bonchev–Trinajstić information content (AvgIpc) is 2.83. The largest absolute Gasteiger partial charge is 0.464 e. The number of nitrogens with zero attached hydrogens (tertiary/aromatic N) is 1. The molecule has 0 aliphatic rings. The van der Waals surface area contributed by atoms with Gasteiger partial charge in [0.25, 0.3) is 0 Å². The van der Waals surface area contributed by atoms with Gasteiger partial charge in [-0.2, -0.15) is 0 Å². The van der Waals surface area contributed by atoms with Crippen LogP contribution in [0, 0.1) is 6.92 Å². The predicted molar refractivity (Wildman–Crippen MR) is 55.3 cm³/mol. The lowest BCUT2D eigenvalue weighted by atomic mass is 10.3. The lowest BCUT2D eigenvalue weighted by Gasteiger charge is -1.95. The summed E-state index contributed by atoms with van der Waals surface area (Å²) in [6.45, 7) is 1.63.